The third-order valence-electron chi connectivity index (χ3n) is 5.48. The Kier molecular flexibility index (Phi) is 12.1. The maximum absolute atomic E-state index is 11.7. The molecule has 2 aliphatic rings. The number of ether oxygens (including phenoxy) is 1. The number of piperidine rings is 2. The van der Waals surface area contributed by atoms with Gasteiger partial charge in [0.1, 0.15) is 0 Å². The largest absolute Gasteiger partial charge is 0.450 e. The summed E-state index contributed by atoms with van der Waals surface area (Å²) >= 11 is 0. The highest BCUT2D eigenvalue weighted by atomic mass is 127. The summed E-state index contributed by atoms with van der Waals surface area (Å²) in [4.78, 5) is 20.5. The van der Waals surface area contributed by atoms with E-state index in [1.165, 1.54) is 32.5 Å². The van der Waals surface area contributed by atoms with Crippen molar-refractivity contribution in [2.75, 3.05) is 45.9 Å². The van der Waals surface area contributed by atoms with Crippen LogP contribution in [0, 0.1) is 11.8 Å². The molecule has 3 N–H and O–H groups in total. The lowest BCUT2D eigenvalue weighted by atomic mass is 9.92. The van der Waals surface area contributed by atoms with Gasteiger partial charge in [-0.2, -0.15) is 0 Å². The van der Waals surface area contributed by atoms with Gasteiger partial charge in [0.15, 0.2) is 5.96 Å². The molecule has 0 aromatic heterocycles. The standard InChI is InChI=1S/C20H39N5O2.HI/c1-4-27-20(26)25-11-7-18(8-12-25)23-19(21)22-9-5-6-10-24-14-16(2)13-17(3)15-24;/h16-18H,4-15H2,1-3H3,(H3,21,22,23);1H. The average molecular weight is 509 g/mol. The minimum Gasteiger partial charge on any atom is -0.450 e. The van der Waals surface area contributed by atoms with Crippen molar-refractivity contribution in [3.05, 3.63) is 0 Å². The quantitative estimate of drug-likeness (QED) is 0.239. The first-order chi connectivity index (χ1) is 13.0. The van der Waals surface area contributed by atoms with Crippen LogP contribution < -0.4 is 11.1 Å². The fourth-order valence-electron chi connectivity index (χ4n) is 4.30. The second-order valence-electron chi connectivity index (χ2n) is 8.28. The van der Waals surface area contributed by atoms with E-state index in [4.69, 9.17) is 10.5 Å². The summed E-state index contributed by atoms with van der Waals surface area (Å²) in [5.41, 5.74) is 6.03. The van der Waals surface area contributed by atoms with Crippen LogP contribution >= 0.6 is 24.0 Å². The lowest BCUT2D eigenvalue weighted by Gasteiger charge is -2.34. The van der Waals surface area contributed by atoms with Gasteiger partial charge in [0.25, 0.3) is 0 Å². The Bertz CT molecular complexity index is 473. The number of nitrogens with two attached hydrogens (primary N) is 1. The lowest BCUT2D eigenvalue weighted by Crippen LogP contribution is -2.48. The fraction of sp³-hybridized carbons (Fsp3) is 0.900. The zero-order chi connectivity index (χ0) is 19.6. The van der Waals surface area contributed by atoms with Crippen LogP contribution in [0.1, 0.15) is 52.9 Å². The smallest absolute Gasteiger partial charge is 0.409 e. The van der Waals surface area contributed by atoms with Crippen molar-refractivity contribution in [1.29, 1.82) is 0 Å². The number of guanidine groups is 1. The number of carbonyl (C=O) groups is 1. The van der Waals surface area contributed by atoms with E-state index < -0.39 is 0 Å². The molecule has 2 heterocycles. The molecule has 0 aliphatic carbocycles. The predicted octanol–water partition coefficient (Wildman–Crippen LogP) is 2.89. The molecule has 2 rings (SSSR count). The molecule has 2 saturated heterocycles. The SMILES string of the molecule is CCOC(=O)N1CCC(NC(N)=NCCCCN2CC(C)CC(C)C2)CC1.I. The van der Waals surface area contributed by atoms with Crippen LogP contribution in [0.4, 0.5) is 4.79 Å². The normalized spacial score (nSPS) is 24.5. The van der Waals surface area contributed by atoms with E-state index in [0.717, 1.165) is 37.6 Å². The summed E-state index contributed by atoms with van der Waals surface area (Å²) < 4.78 is 5.04. The number of aliphatic imine (C=N–C) groups is 1. The predicted molar refractivity (Wildman–Crippen MR) is 125 cm³/mol. The van der Waals surface area contributed by atoms with E-state index in [1.807, 2.05) is 6.92 Å². The van der Waals surface area contributed by atoms with Crippen LogP contribution in [0.15, 0.2) is 4.99 Å². The summed E-state index contributed by atoms with van der Waals surface area (Å²) in [6.07, 6.45) is 5.15. The van der Waals surface area contributed by atoms with Crippen molar-refractivity contribution in [1.82, 2.24) is 15.1 Å². The van der Waals surface area contributed by atoms with Gasteiger partial charge in [-0.05, 0) is 57.4 Å². The number of likely N-dealkylation sites (tertiary alicyclic amines) is 2. The Balaban J connectivity index is 0.00000392. The Morgan fingerprint density at radius 1 is 1.18 bits per heavy atom. The second kappa shape index (κ2) is 13.5. The molecule has 164 valence electrons. The van der Waals surface area contributed by atoms with Crippen LogP contribution in [0.3, 0.4) is 0 Å². The summed E-state index contributed by atoms with van der Waals surface area (Å²) in [6.45, 7) is 12.8. The van der Waals surface area contributed by atoms with Gasteiger partial charge in [0.2, 0.25) is 0 Å². The van der Waals surface area contributed by atoms with E-state index in [-0.39, 0.29) is 36.1 Å². The van der Waals surface area contributed by atoms with Crippen molar-refractivity contribution in [3.8, 4) is 0 Å². The van der Waals surface area contributed by atoms with Crippen molar-refractivity contribution < 1.29 is 9.53 Å². The molecule has 0 aromatic rings. The number of carbonyl (C=O) groups excluding carboxylic acids is 1. The molecular formula is C20H40IN5O2. The highest BCUT2D eigenvalue weighted by Gasteiger charge is 2.24. The monoisotopic (exact) mass is 509 g/mol. The topological polar surface area (TPSA) is 83.2 Å². The van der Waals surface area contributed by atoms with Crippen LogP contribution in [-0.2, 0) is 4.74 Å². The van der Waals surface area contributed by atoms with Crippen LogP contribution in [-0.4, -0.2) is 73.8 Å². The Labute approximate surface area is 187 Å². The van der Waals surface area contributed by atoms with E-state index in [9.17, 15) is 4.79 Å². The fourth-order valence-corrected chi connectivity index (χ4v) is 4.30. The first-order valence-electron chi connectivity index (χ1n) is 10.7. The average Bonchev–Trinajstić information content (AvgIpc) is 2.61. The van der Waals surface area contributed by atoms with Gasteiger partial charge in [-0.1, -0.05) is 13.8 Å². The molecular weight excluding hydrogens is 469 g/mol. The minimum absolute atomic E-state index is 0. The third kappa shape index (κ3) is 9.15. The van der Waals surface area contributed by atoms with Crippen LogP contribution in [0.5, 0.6) is 0 Å². The molecule has 2 aliphatic heterocycles. The molecule has 7 nitrogen and oxygen atoms in total. The molecule has 0 spiro atoms. The first kappa shape index (κ1) is 25.3. The third-order valence-corrected chi connectivity index (χ3v) is 5.48. The maximum Gasteiger partial charge on any atom is 0.409 e. The number of amides is 1. The molecule has 0 aromatic carbocycles. The number of rotatable bonds is 7. The molecule has 2 unspecified atom stereocenters. The van der Waals surface area contributed by atoms with Crippen LogP contribution in [0.25, 0.3) is 0 Å². The van der Waals surface area contributed by atoms with Gasteiger partial charge in [0.05, 0.1) is 6.61 Å². The van der Waals surface area contributed by atoms with Gasteiger partial charge < -0.3 is 25.6 Å². The number of halogens is 1. The van der Waals surface area contributed by atoms with Gasteiger partial charge in [-0.25, -0.2) is 4.79 Å². The highest BCUT2D eigenvalue weighted by Crippen LogP contribution is 2.21. The number of hydrogen-bond donors (Lipinski definition) is 2. The molecule has 2 atom stereocenters. The number of nitrogens with zero attached hydrogens (tertiary/aromatic N) is 3. The van der Waals surface area contributed by atoms with Crippen molar-refractivity contribution in [3.63, 3.8) is 0 Å². The second-order valence-corrected chi connectivity index (χ2v) is 8.28. The van der Waals surface area contributed by atoms with E-state index in [0.29, 0.717) is 25.7 Å². The van der Waals surface area contributed by atoms with Gasteiger partial charge in [-0.15, -0.1) is 24.0 Å². The Hall–Kier alpha value is -0.770. The summed E-state index contributed by atoms with van der Waals surface area (Å²) in [7, 11) is 0. The molecule has 1 amide bonds. The maximum atomic E-state index is 11.7. The highest BCUT2D eigenvalue weighted by molar-refractivity contribution is 14.0. The van der Waals surface area contributed by atoms with E-state index in [1.54, 1.807) is 4.90 Å². The number of nitrogens with one attached hydrogen (secondary N) is 1. The lowest BCUT2D eigenvalue weighted by molar-refractivity contribution is 0.0963. The van der Waals surface area contributed by atoms with Crippen LogP contribution in [0.2, 0.25) is 0 Å². The summed E-state index contributed by atoms with van der Waals surface area (Å²) in [5.74, 6) is 2.17. The zero-order valence-corrected chi connectivity index (χ0v) is 20.2. The van der Waals surface area contributed by atoms with Crippen molar-refractivity contribution in [2.45, 2.75) is 58.9 Å². The number of hydrogen-bond acceptors (Lipinski definition) is 4. The molecule has 0 bridgehead atoms. The van der Waals surface area contributed by atoms with E-state index >= 15 is 0 Å². The summed E-state index contributed by atoms with van der Waals surface area (Å²) in [5, 5.41) is 3.30. The molecule has 28 heavy (non-hydrogen) atoms. The Morgan fingerprint density at radius 3 is 2.43 bits per heavy atom. The van der Waals surface area contributed by atoms with Crippen molar-refractivity contribution in [2.24, 2.45) is 22.6 Å². The Morgan fingerprint density at radius 2 is 1.82 bits per heavy atom. The molecule has 0 radical (unpaired) electrons. The minimum atomic E-state index is -0.213. The van der Waals surface area contributed by atoms with Gasteiger partial charge in [0, 0.05) is 38.8 Å². The number of unbranched alkanes of at least 4 members (excludes halogenated alkanes) is 1. The zero-order valence-electron chi connectivity index (χ0n) is 17.9. The molecule has 8 heteroatoms. The van der Waals surface area contributed by atoms with Gasteiger partial charge >= 0.3 is 6.09 Å². The van der Waals surface area contributed by atoms with Gasteiger partial charge in [-0.3, -0.25) is 4.99 Å². The van der Waals surface area contributed by atoms with E-state index in [2.05, 4.69) is 29.1 Å². The first-order valence-corrected chi connectivity index (χ1v) is 10.7. The summed E-state index contributed by atoms with van der Waals surface area (Å²) in [6, 6.07) is 0.288. The van der Waals surface area contributed by atoms with Crippen molar-refractivity contribution >= 4 is 36.0 Å². The molecule has 2 fully saturated rings. The molecule has 0 saturated carbocycles.